The zero-order valence-electron chi connectivity index (χ0n) is 13.0. The Balaban J connectivity index is 1.78. The number of carbonyl (C=O) groups excluding carboxylic acids is 1. The molecule has 1 aromatic rings. The van der Waals surface area contributed by atoms with E-state index < -0.39 is 0 Å². The average molecular weight is 290 g/mol. The van der Waals surface area contributed by atoms with Crippen molar-refractivity contribution >= 4 is 11.6 Å². The highest BCUT2D eigenvalue weighted by atomic mass is 16.5. The van der Waals surface area contributed by atoms with E-state index in [0.717, 1.165) is 38.0 Å². The minimum absolute atomic E-state index is 0.00582. The fourth-order valence-corrected chi connectivity index (χ4v) is 2.91. The third-order valence-electron chi connectivity index (χ3n) is 4.39. The summed E-state index contributed by atoms with van der Waals surface area (Å²) >= 11 is 0. The molecule has 2 N–H and O–H groups in total. The minimum Gasteiger partial charge on any atom is -0.375 e. The third kappa shape index (κ3) is 4.55. The number of para-hydroxylation sites is 1. The Morgan fingerprint density at radius 1 is 1.29 bits per heavy atom. The third-order valence-corrected chi connectivity index (χ3v) is 4.39. The fraction of sp³-hybridized carbons (Fsp3) is 0.588. The van der Waals surface area contributed by atoms with Crippen molar-refractivity contribution < 1.29 is 9.53 Å². The largest absolute Gasteiger partial charge is 0.375 e. The minimum atomic E-state index is -0.00811. The molecule has 0 aromatic heterocycles. The fourth-order valence-electron chi connectivity index (χ4n) is 2.91. The van der Waals surface area contributed by atoms with Crippen LogP contribution >= 0.6 is 0 Å². The van der Waals surface area contributed by atoms with Crippen molar-refractivity contribution in [2.45, 2.75) is 51.2 Å². The van der Waals surface area contributed by atoms with Crippen LogP contribution in [0.25, 0.3) is 0 Å². The van der Waals surface area contributed by atoms with Crippen LogP contribution in [0, 0.1) is 0 Å². The molecule has 0 bridgehead atoms. The van der Waals surface area contributed by atoms with Crippen LogP contribution in [0.1, 0.15) is 39.5 Å². The summed E-state index contributed by atoms with van der Waals surface area (Å²) < 4.78 is 5.96. The predicted octanol–water partition coefficient (Wildman–Crippen LogP) is 2.95. The Hall–Kier alpha value is -1.39. The maximum atomic E-state index is 12.0. The number of anilines is 1. The van der Waals surface area contributed by atoms with Crippen molar-refractivity contribution in [1.29, 1.82) is 0 Å². The van der Waals surface area contributed by atoms with E-state index in [1.807, 2.05) is 30.3 Å². The molecule has 1 fully saturated rings. The first kappa shape index (κ1) is 16.0. The quantitative estimate of drug-likeness (QED) is 0.847. The zero-order chi connectivity index (χ0) is 15.1. The van der Waals surface area contributed by atoms with Gasteiger partial charge in [0.2, 0.25) is 5.91 Å². The molecule has 0 radical (unpaired) electrons. The number of hydrogen-bond donors (Lipinski definition) is 2. The van der Waals surface area contributed by atoms with Gasteiger partial charge in [0.05, 0.1) is 12.1 Å². The van der Waals surface area contributed by atoms with Gasteiger partial charge in [-0.05, 0) is 37.8 Å². The molecule has 0 aliphatic carbocycles. The van der Waals surface area contributed by atoms with Gasteiger partial charge in [-0.3, -0.25) is 4.79 Å². The summed E-state index contributed by atoms with van der Waals surface area (Å²) in [6.07, 6.45) is 4.01. The highest BCUT2D eigenvalue weighted by Crippen LogP contribution is 2.31. The molecule has 1 atom stereocenters. The number of benzene rings is 1. The van der Waals surface area contributed by atoms with Gasteiger partial charge in [-0.25, -0.2) is 0 Å². The molecule has 2 rings (SSSR count). The van der Waals surface area contributed by atoms with Gasteiger partial charge in [-0.1, -0.05) is 32.0 Å². The van der Waals surface area contributed by atoms with Gasteiger partial charge in [-0.2, -0.15) is 0 Å². The lowest BCUT2D eigenvalue weighted by Crippen LogP contribution is -2.48. The molecule has 4 nitrogen and oxygen atoms in total. The van der Waals surface area contributed by atoms with Gasteiger partial charge in [0.15, 0.2) is 0 Å². The number of rotatable bonds is 6. The number of amides is 1. The number of ether oxygens (including phenoxy) is 1. The van der Waals surface area contributed by atoms with Gasteiger partial charge < -0.3 is 15.4 Å². The van der Waals surface area contributed by atoms with Gasteiger partial charge in [0.25, 0.3) is 0 Å². The van der Waals surface area contributed by atoms with Crippen LogP contribution in [0.3, 0.4) is 0 Å². The summed E-state index contributed by atoms with van der Waals surface area (Å²) in [6, 6.07) is 9.92. The molecule has 0 spiro atoms. The maximum Gasteiger partial charge on any atom is 0.238 e. The van der Waals surface area contributed by atoms with E-state index in [1.54, 1.807) is 0 Å². The monoisotopic (exact) mass is 290 g/mol. The molecule has 0 saturated carbocycles. The number of hydrogen-bond acceptors (Lipinski definition) is 3. The van der Waals surface area contributed by atoms with Crippen LogP contribution in [0.15, 0.2) is 30.3 Å². The lowest BCUT2D eigenvalue weighted by molar-refractivity contribution is -0.116. The smallest absolute Gasteiger partial charge is 0.238 e. The second-order valence-electron chi connectivity index (χ2n) is 5.72. The molecular formula is C17H26N2O2. The SMILES string of the molecule is CCC1(CC)CC(NCC(=O)Nc2ccccc2)CCO1. The van der Waals surface area contributed by atoms with E-state index in [1.165, 1.54) is 0 Å². The van der Waals surface area contributed by atoms with E-state index in [2.05, 4.69) is 24.5 Å². The van der Waals surface area contributed by atoms with E-state index in [-0.39, 0.29) is 11.5 Å². The van der Waals surface area contributed by atoms with Crippen molar-refractivity contribution in [2.24, 2.45) is 0 Å². The summed E-state index contributed by atoms with van der Waals surface area (Å²) in [6.45, 7) is 5.48. The normalized spacial score (nSPS) is 21.0. The maximum absolute atomic E-state index is 12.0. The van der Waals surface area contributed by atoms with E-state index in [4.69, 9.17) is 4.74 Å². The zero-order valence-corrected chi connectivity index (χ0v) is 13.0. The summed E-state index contributed by atoms with van der Waals surface area (Å²) in [5, 5.41) is 6.27. The molecule has 1 amide bonds. The Labute approximate surface area is 127 Å². The average Bonchev–Trinajstić information content (AvgIpc) is 2.54. The van der Waals surface area contributed by atoms with Crippen LogP contribution in [0.5, 0.6) is 0 Å². The molecular weight excluding hydrogens is 264 g/mol. The highest BCUT2D eigenvalue weighted by Gasteiger charge is 2.34. The summed E-state index contributed by atoms with van der Waals surface area (Å²) in [5.74, 6) is 0.00582. The van der Waals surface area contributed by atoms with E-state index in [9.17, 15) is 4.79 Å². The van der Waals surface area contributed by atoms with Crippen LogP contribution < -0.4 is 10.6 Å². The molecule has 1 aliphatic heterocycles. The second kappa shape index (κ2) is 7.57. The van der Waals surface area contributed by atoms with Crippen LogP contribution in [0.4, 0.5) is 5.69 Å². The molecule has 21 heavy (non-hydrogen) atoms. The van der Waals surface area contributed by atoms with E-state index >= 15 is 0 Å². The first-order valence-corrected chi connectivity index (χ1v) is 7.89. The Morgan fingerprint density at radius 3 is 2.67 bits per heavy atom. The molecule has 4 heteroatoms. The standard InChI is InChI=1S/C17H26N2O2/c1-3-17(4-2)12-15(10-11-21-17)18-13-16(20)19-14-8-6-5-7-9-14/h5-9,15,18H,3-4,10-13H2,1-2H3,(H,19,20). The lowest BCUT2D eigenvalue weighted by Gasteiger charge is -2.40. The molecule has 116 valence electrons. The summed E-state index contributed by atoms with van der Waals surface area (Å²) in [4.78, 5) is 12.0. The summed E-state index contributed by atoms with van der Waals surface area (Å²) in [7, 11) is 0. The highest BCUT2D eigenvalue weighted by molar-refractivity contribution is 5.92. The lowest BCUT2D eigenvalue weighted by atomic mass is 9.86. The van der Waals surface area contributed by atoms with Crippen molar-refractivity contribution in [3.63, 3.8) is 0 Å². The van der Waals surface area contributed by atoms with Crippen molar-refractivity contribution in [2.75, 3.05) is 18.5 Å². The number of carbonyl (C=O) groups is 1. The Bertz CT molecular complexity index is 443. The molecule has 1 heterocycles. The van der Waals surface area contributed by atoms with Crippen molar-refractivity contribution in [1.82, 2.24) is 5.32 Å². The van der Waals surface area contributed by atoms with Crippen molar-refractivity contribution in [3.8, 4) is 0 Å². The Kier molecular flexibility index (Phi) is 5.76. The van der Waals surface area contributed by atoms with Crippen LogP contribution in [0.2, 0.25) is 0 Å². The molecule has 1 saturated heterocycles. The second-order valence-corrected chi connectivity index (χ2v) is 5.72. The topological polar surface area (TPSA) is 50.4 Å². The molecule has 1 aliphatic rings. The molecule has 1 unspecified atom stereocenters. The molecule has 1 aromatic carbocycles. The van der Waals surface area contributed by atoms with Crippen LogP contribution in [-0.4, -0.2) is 30.7 Å². The first-order chi connectivity index (χ1) is 10.2. The van der Waals surface area contributed by atoms with E-state index in [0.29, 0.717) is 12.6 Å². The van der Waals surface area contributed by atoms with Gasteiger partial charge in [0.1, 0.15) is 0 Å². The summed E-state index contributed by atoms with van der Waals surface area (Å²) in [5.41, 5.74) is 0.832. The van der Waals surface area contributed by atoms with Crippen LogP contribution in [-0.2, 0) is 9.53 Å². The first-order valence-electron chi connectivity index (χ1n) is 7.89. The van der Waals surface area contributed by atoms with Gasteiger partial charge in [0, 0.05) is 18.3 Å². The van der Waals surface area contributed by atoms with Crippen molar-refractivity contribution in [3.05, 3.63) is 30.3 Å². The number of nitrogens with one attached hydrogen (secondary N) is 2. The Morgan fingerprint density at radius 2 is 2.00 bits per heavy atom. The predicted molar refractivity (Wildman–Crippen MR) is 85.4 cm³/mol. The van der Waals surface area contributed by atoms with Gasteiger partial charge in [-0.15, -0.1) is 0 Å². The van der Waals surface area contributed by atoms with Gasteiger partial charge >= 0.3 is 0 Å².